The van der Waals surface area contributed by atoms with Gasteiger partial charge in [-0.15, -0.1) is 0 Å². The van der Waals surface area contributed by atoms with Gasteiger partial charge in [0.25, 0.3) is 0 Å². The predicted octanol–water partition coefficient (Wildman–Crippen LogP) is 1.38. The quantitative estimate of drug-likeness (QED) is 0.584. The monoisotopic (exact) mass is 195 g/mol. The third kappa shape index (κ3) is 1.67. The largest absolute Gasteiger partial charge is 0.502 e. The van der Waals surface area contributed by atoms with Gasteiger partial charge in [0, 0.05) is 0 Å². The number of aliphatic imine (C=N–C) groups is 1. The van der Waals surface area contributed by atoms with Crippen LogP contribution in [0.4, 0.5) is 5.69 Å². The summed E-state index contributed by atoms with van der Waals surface area (Å²) in [5.41, 5.74) is 0.209. The fraction of sp³-hybridized carbons (Fsp3) is 0.222. The summed E-state index contributed by atoms with van der Waals surface area (Å²) in [5, 5.41) is 9.56. The van der Waals surface area contributed by atoms with E-state index in [4.69, 9.17) is 9.47 Å². The van der Waals surface area contributed by atoms with Crippen LogP contribution >= 0.6 is 0 Å². The Balaban J connectivity index is 3.35. The highest BCUT2D eigenvalue weighted by molar-refractivity contribution is 5.67. The van der Waals surface area contributed by atoms with Gasteiger partial charge < -0.3 is 14.6 Å². The first-order chi connectivity index (χ1) is 6.74. The molecule has 0 spiro atoms. The van der Waals surface area contributed by atoms with E-state index in [9.17, 15) is 9.90 Å². The van der Waals surface area contributed by atoms with Gasteiger partial charge in [-0.3, -0.25) is 0 Å². The fourth-order valence-corrected chi connectivity index (χ4v) is 1.05. The van der Waals surface area contributed by atoms with Crippen molar-refractivity contribution in [3.05, 3.63) is 12.1 Å². The lowest BCUT2D eigenvalue weighted by atomic mass is 10.2. The van der Waals surface area contributed by atoms with Gasteiger partial charge in [-0.25, -0.2) is 4.79 Å². The first-order valence-electron chi connectivity index (χ1n) is 3.76. The van der Waals surface area contributed by atoms with Crippen molar-refractivity contribution in [3.8, 4) is 17.2 Å². The second-order valence-electron chi connectivity index (χ2n) is 2.37. The van der Waals surface area contributed by atoms with Crippen molar-refractivity contribution in [2.24, 2.45) is 4.99 Å². The Morgan fingerprint density at radius 2 is 2.07 bits per heavy atom. The van der Waals surface area contributed by atoms with Gasteiger partial charge in [-0.05, 0) is 12.1 Å². The van der Waals surface area contributed by atoms with Crippen LogP contribution in [0.1, 0.15) is 0 Å². The fourth-order valence-electron chi connectivity index (χ4n) is 1.05. The van der Waals surface area contributed by atoms with E-state index in [1.54, 1.807) is 0 Å². The molecule has 0 amide bonds. The van der Waals surface area contributed by atoms with Crippen LogP contribution in [-0.2, 0) is 4.79 Å². The van der Waals surface area contributed by atoms with E-state index in [1.807, 2.05) is 0 Å². The summed E-state index contributed by atoms with van der Waals surface area (Å²) in [5.74, 6) is 0.158. The van der Waals surface area contributed by atoms with Crippen LogP contribution < -0.4 is 9.47 Å². The van der Waals surface area contributed by atoms with Gasteiger partial charge in [0.1, 0.15) is 5.69 Å². The smallest absolute Gasteiger partial charge is 0.240 e. The lowest BCUT2D eigenvalue weighted by Crippen LogP contribution is -1.88. The predicted molar refractivity (Wildman–Crippen MR) is 49.0 cm³/mol. The number of methoxy groups -OCH3 is 2. The number of carbonyl (C=O) groups excluding carboxylic acids is 1. The van der Waals surface area contributed by atoms with Gasteiger partial charge in [0.2, 0.25) is 11.8 Å². The van der Waals surface area contributed by atoms with E-state index in [2.05, 4.69) is 4.99 Å². The average molecular weight is 195 g/mol. The minimum atomic E-state index is -0.188. The Kier molecular flexibility index (Phi) is 3.09. The van der Waals surface area contributed by atoms with Crippen LogP contribution in [0.25, 0.3) is 0 Å². The molecule has 0 bridgehead atoms. The lowest BCUT2D eigenvalue weighted by molar-refractivity contribution is 0.341. The number of hydrogen-bond donors (Lipinski definition) is 1. The van der Waals surface area contributed by atoms with Crippen LogP contribution in [0, 0.1) is 0 Å². The molecule has 0 aliphatic carbocycles. The van der Waals surface area contributed by atoms with Gasteiger partial charge in [0.05, 0.1) is 14.2 Å². The van der Waals surface area contributed by atoms with Crippen LogP contribution in [0.2, 0.25) is 0 Å². The average Bonchev–Trinajstić information content (AvgIpc) is 2.19. The molecule has 74 valence electrons. The summed E-state index contributed by atoms with van der Waals surface area (Å²) in [6.07, 6.45) is 1.37. The summed E-state index contributed by atoms with van der Waals surface area (Å²) in [7, 11) is 2.77. The number of ether oxygens (including phenoxy) is 2. The molecule has 1 aromatic rings. The zero-order valence-corrected chi connectivity index (χ0v) is 7.77. The maximum atomic E-state index is 10.0. The van der Waals surface area contributed by atoms with E-state index < -0.39 is 0 Å². The molecule has 0 heterocycles. The van der Waals surface area contributed by atoms with Crippen LogP contribution in [0.5, 0.6) is 17.2 Å². The Labute approximate surface area is 80.6 Å². The van der Waals surface area contributed by atoms with E-state index >= 15 is 0 Å². The van der Waals surface area contributed by atoms with Crippen molar-refractivity contribution in [2.45, 2.75) is 0 Å². The van der Waals surface area contributed by atoms with Crippen molar-refractivity contribution in [2.75, 3.05) is 14.2 Å². The van der Waals surface area contributed by atoms with E-state index in [-0.39, 0.29) is 22.9 Å². The van der Waals surface area contributed by atoms with Crippen molar-refractivity contribution in [3.63, 3.8) is 0 Å². The third-order valence-corrected chi connectivity index (χ3v) is 1.66. The van der Waals surface area contributed by atoms with E-state index in [0.717, 1.165) is 0 Å². The molecule has 0 atom stereocenters. The SMILES string of the molecule is COc1ccc(N=C=O)c(OC)c1O. The molecule has 1 rings (SSSR count). The van der Waals surface area contributed by atoms with Crippen LogP contribution in [0.3, 0.4) is 0 Å². The summed E-state index contributed by atoms with van der Waals surface area (Å²) in [4.78, 5) is 13.4. The number of hydrogen-bond acceptors (Lipinski definition) is 5. The Hall–Kier alpha value is -2.00. The molecule has 1 aromatic carbocycles. The molecular weight excluding hydrogens is 186 g/mol. The summed E-state index contributed by atoms with van der Waals surface area (Å²) >= 11 is 0. The van der Waals surface area contributed by atoms with Gasteiger partial charge in [-0.1, -0.05) is 0 Å². The molecule has 0 radical (unpaired) electrons. The molecule has 0 unspecified atom stereocenters. The molecule has 0 saturated heterocycles. The maximum absolute atomic E-state index is 10.0. The second kappa shape index (κ2) is 4.30. The molecule has 0 aliphatic heterocycles. The molecule has 1 N–H and O–H groups in total. The molecule has 5 heteroatoms. The van der Waals surface area contributed by atoms with Crippen LogP contribution in [0.15, 0.2) is 17.1 Å². The standard InChI is InChI=1S/C9H9NO4/c1-13-7-4-3-6(10-5-11)9(14-2)8(7)12/h3-4,12H,1-2H3. The molecule has 5 nitrogen and oxygen atoms in total. The van der Waals surface area contributed by atoms with Crippen molar-refractivity contribution in [1.82, 2.24) is 0 Å². The van der Waals surface area contributed by atoms with Crippen molar-refractivity contribution < 1.29 is 19.4 Å². The number of phenolic OH excluding ortho intramolecular Hbond substituents is 1. The summed E-state index contributed by atoms with van der Waals surface area (Å²) in [6, 6.07) is 2.97. The molecule has 0 aliphatic rings. The van der Waals surface area contributed by atoms with Gasteiger partial charge in [0.15, 0.2) is 11.5 Å². The minimum Gasteiger partial charge on any atom is -0.502 e. The first kappa shape index (κ1) is 10.1. The van der Waals surface area contributed by atoms with E-state index in [1.165, 1.54) is 32.4 Å². The lowest BCUT2D eigenvalue weighted by Gasteiger charge is -2.08. The highest BCUT2D eigenvalue weighted by Crippen LogP contribution is 2.42. The zero-order chi connectivity index (χ0) is 10.6. The Morgan fingerprint density at radius 3 is 2.57 bits per heavy atom. The summed E-state index contributed by atoms with van der Waals surface area (Å²) in [6.45, 7) is 0. The number of phenols is 1. The Bertz CT molecular complexity index is 383. The number of isocyanates is 1. The minimum absolute atomic E-state index is 0.0905. The molecule has 0 aromatic heterocycles. The van der Waals surface area contributed by atoms with Gasteiger partial charge >= 0.3 is 0 Å². The number of rotatable bonds is 3. The number of benzene rings is 1. The third-order valence-electron chi connectivity index (χ3n) is 1.66. The number of nitrogens with zero attached hydrogens (tertiary/aromatic N) is 1. The van der Waals surface area contributed by atoms with E-state index in [0.29, 0.717) is 0 Å². The number of aromatic hydroxyl groups is 1. The maximum Gasteiger partial charge on any atom is 0.240 e. The Morgan fingerprint density at radius 1 is 1.36 bits per heavy atom. The highest BCUT2D eigenvalue weighted by Gasteiger charge is 2.13. The zero-order valence-electron chi connectivity index (χ0n) is 7.77. The van der Waals surface area contributed by atoms with Crippen LogP contribution in [-0.4, -0.2) is 25.4 Å². The first-order valence-corrected chi connectivity index (χ1v) is 3.76. The topological polar surface area (TPSA) is 68.1 Å². The normalized spacial score (nSPS) is 9.00. The van der Waals surface area contributed by atoms with Crippen molar-refractivity contribution >= 4 is 11.8 Å². The molecular formula is C9H9NO4. The molecule has 0 saturated carbocycles. The highest BCUT2D eigenvalue weighted by atomic mass is 16.5. The molecule has 0 fully saturated rings. The summed E-state index contributed by atoms with van der Waals surface area (Å²) < 4.78 is 9.72. The second-order valence-corrected chi connectivity index (χ2v) is 2.37. The molecule has 14 heavy (non-hydrogen) atoms. The van der Waals surface area contributed by atoms with Gasteiger partial charge in [-0.2, -0.15) is 4.99 Å². The van der Waals surface area contributed by atoms with Crippen molar-refractivity contribution in [1.29, 1.82) is 0 Å².